The summed E-state index contributed by atoms with van der Waals surface area (Å²) < 4.78 is 13.5. The number of aromatic nitrogens is 9. The lowest BCUT2D eigenvalue weighted by Gasteiger charge is -2.15. The highest BCUT2D eigenvalue weighted by atomic mass is 15.2. The molecule has 0 saturated heterocycles. The molecule has 27 rings (SSSR count). The molecule has 142 heavy (non-hydrogen) atoms. The fourth-order valence-corrected chi connectivity index (χ4v) is 20.9. The molecule has 14 nitrogen and oxygen atoms in total. The summed E-state index contributed by atoms with van der Waals surface area (Å²) in [6.45, 7) is 7.75. The van der Waals surface area contributed by atoms with Gasteiger partial charge in [0, 0.05) is 64.6 Å². The molecule has 9 heterocycles. The first-order chi connectivity index (χ1) is 70.2. The van der Waals surface area contributed by atoms with Gasteiger partial charge >= 0.3 is 0 Å². The monoisotopic (exact) mass is 1810 g/mol. The minimum absolute atomic E-state index is 0.620. The van der Waals surface area contributed by atoms with Gasteiger partial charge in [-0.15, -0.1) is 0 Å². The average molecular weight is 1810 g/mol. The molecule has 0 fully saturated rings. The molecular formula is C128H76N14. The van der Waals surface area contributed by atoms with Crippen molar-refractivity contribution in [3.8, 4) is 126 Å². The summed E-state index contributed by atoms with van der Waals surface area (Å²) in [5, 5.41) is 51.9. The van der Waals surface area contributed by atoms with Crippen molar-refractivity contribution < 1.29 is 0 Å². The number of nitriles is 4. The van der Waals surface area contributed by atoms with E-state index in [1.165, 1.54) is 43.1 Å². The molecule has 658 valence electrons. The number of hydrogen-bond acceptors (Lipinski definition) is 7. The Labute approximate surface area is 815 Å². The molecule has 0 unspecified atom stereocenters. The molecule has 0 aliphatic rings. The Balaban J connectivity index is 0.000000112. The van der Waals surface area contributed by atoms with Gasteiger partial charge < -0.3 is 0 Å². The normalized spacial score (nSPS) is 11.3. The van der Waals surface area contributed by atoms with Gasteiger partial charge in [-0.3, -0.25) is 27.4 Å². The highest BCUT2D eigenvalue weighted by Crippen LogP contribution is 2.45. The van der Waals surface area contributed by atoms with Gasteiger partial charge in [0.25, 0.3) is 0 Å². The maximum absolute atomic E-state index is 9.72. The third kappa shape index (κ3) is 14.3. The van der Waals surface area contributed by atoms with Gasteiger partial charge in [-0.1, -0.05) is 285 Å². The highest BCUT2D eigenvalue weighted by molar-refractivity contribution is 6.15. The van der Waals surface area contributed by atoms with Crippen LogP contribution in [0.3, 0.4) is 0 Å². The van der Waals surface area contributed by atoms with Crippen molar-refractivity contribution in [3.05, 3.63) is 495 Å². The van der Waals surface area contributed by atoms with Crippen LogP contribution in [-0.4, -0.2) is 42.4 Å². The summed E-state index contributed by atoms with van der Waals surface area (Å²) in [4.78, 5) is 20.1. The zero-order valence-electron chi connectivity index (χ0n) is 76.1. The van der Waals surface area contributed by atoms with Crippen LogP contribution in [-0.2, 0) is 0 Å². The fourth-order valence-electron chi connectivity index (χ4n) is 20.9. The maximum atomic E-state index is 9.72. The van der Waals surface area contributed by atoms with Crippen LogP contribution in [0, 0.1) is 51.9 Å². The van der Waals surface area contributed by atoms with Crippen LogP contribution in [0.5, 0.6) is 0 Å². The number of fused-ring (bicyclic) bond motifs is 18. The smallest absolute Gasteiger partial charge is 0.194 e. The Hall–Kier alpha value is -20.3. The molecule has 0 atom stereocenters. The van der Waals surface area contributed by atoms with Crippen LogP contribution in [0.2, 0.25) is 0 Å². The van der Waals surface area contributed by atoms with Crippen molar-refractivity contribution in [2.24, 2.45) is 0 Å². The first-order valence-corrected chi connectivity index (χ1v) is 46.9. The van der Waals surface area contributed by atoms with Gasteiger partial charge in [0.15, 0.2) is 5.69 Å². The van der Waals surface area contributed by atoms with E-state index in [2.05, 4.69) is 384 Å². The van der Waals surface area contributed by atoms with E-state index in [1.54, 1.807) is 0 Å². The summed E-state index contributed by atoms with van der Waals surface area (Å²) in [6, 6.07) is 167. The molecule has 0 bridgehead atoms. The van der Waals surface area contributed by atoms with Crippen LogP contribution >= 0.6 is 0 Å². The Kier molecular flexibility index (Phi) is 20.5. The predicted octanol–water partition coefficient (Wildman–Crippen LogP) is 31.9. The first-order valence-electron chi connectivity index (χ1n) is 46.9. The molecule has 18 aromatic carbocycles. The number of benzene rings is 18. The number of hydrogen-bond donors (Lipinski definition) is 0. The van der Waals surface area contributed by atoms with Gasteiger partial charge in [-0.2, -0.15) is 21.0 Å². The van der Waals surface area contributed by atoms with E-state index in [4.69, 9.17) is 21.5 Å². The minimum atomic E-state index is 0.620. The van der Waals surface area contributed by atoms with Gasteiger partial charge in [0.2, 0.25) is 0 Å². The summed E-state index contributed by atoms with van der Waals surface area (Å²) in [5.41, 5.74) is 28.2. The molecule has 0 N–H and O–H groups in total. The molecule has 9 aromatic heterocycles. The summed E-state index contributed by atoms with van der Waals surface area (Å²) in [7, 11) is 0. The summed E-state index contributed by atoms with van der Waals surface area (Å²) in [6.07, 6.45) is 0. The van der Waals surface area contributed by atoms with Crippen molar-refractivity contribution >= 4 is 137 Å². The van der Waals surface area contributed by atoms with Gasteiger partial charge in [-0.05, 0) is 243 Å². The largest absolute Gasteiger partial charge is 0.294 e. The Bertz CT molecular complexity index is 9770. The zero-order valence-corrected chi connectivity index (χ0v) is 76.1. The molecule has 0 aliphatic carbocycles. The van der Waals surface area contributed by atoms with E-state index in [0.717, 1.165) is 189 Å². The van der Waals surface area contributed by atoms with Crippen molar-refractivity contribution in [1.29, 1.82) is 21.0 Å². The Morgan fingerprint density at radius 1 is 0.169 bits per heavy atom. The molecule has 0 aliphatic heterocycles. The van der Waals surface area contributed by atoms with E-state index in [-0.39, 0.29) is 0 Å². The number of rotatable bonds is 12. The summed E-state index contributed by atoms with van der Waals surface area (Å²) >= 11 is 0. The molecule has 0 radical (unpaired) electrons. The maximum Gasteiger partial charge on any atom is 0.194 e. The van der Waals surface area contributed by atoms with Crippen molar-refractivity contribution in [3.63, 3.8) is 0 Å². The van der Waals surface area contributed by atoms with E-state index < -0.39 is 0 Å². The van der Waals surface area contributed by atoms with Crippen molar-refractivity contribution in [2.45, 2.75) is 0 Å². The second-order valence-corrected chi connectivity index (χ2v) is 35.3. The lowest BCUT2D eigenvalue weighted by Crippen LogP contribution is -2.04. The lowest BCUT2D eigenvalue weighted by atomic mass is 9.98. The van der Waals surface area contributed by atoms with Crippen LogP contribution in [0.25, 0.3) is 237 Å². The second kappa shape index (κ2) is 34.8. The van der Waals surface area contributed by atoms with Crippen LogP contribution < -0.4 is 0 Å². The highest BCUT2D eigenvalue weighted by Gasteiger charge is 2.26. The fraction of sp³-hybridized carbons (Fsp3) is 0. The van der Waals surface area contributed by atoms with E-state index in [0.29, 0.717) is 27.9 Å². The standard InChI is InChI=1S/2C43H25N5.C42H26N4/c1-45-37-17-6-2-13-32(37)30-12-10-11-29(24-30)31-25-42(47-38-18-7-3-14-33(38)34-15-4-8-19-39(34)47)46-43(26-31)48-40-20-9-5-16-35(40)36-23-28(27-44)21-22-41(36)48;44-26-28-9-7-10-30(21-28)31-11-8-12-32(23-31)33-24-42(47-38-16-4-1-13-34(38)35-14-2-5-17-39(35)47)46-43(25-33)48-40-18-6-3-15-36(40)37-22-29(27-45)19-20-41(37)48;43-27-28-20-22-29(23-21-28)30-10-9-11-31(24-30)32-25-41(45-37-16-5-1-12-33(37)34-13-2-6-17-38(34)45)44-42(26-32)46-39-18-7-3-14-35(39)36-15-4-8-19-40(36)46/h2-26H;1-25H;1-26H. The quantitative estimate of drug-likeness (QED) is 0.110. The molecule has 0 saturated carbocycles. The SMILES string of the molecule is N#Cc1ccc(-c2cccc(-c3cc(-n4c5ccccc5c5ccccc54)nc(-n4c5ccccc5c5ccccc54)c3)c2)cc1.N#Cc1cccc(-c2cccc(-c3cc(-n4c5ccccc5c5ccccc54)nc(-n4c5ccccc5c5cc(C#N)ccc54)c3)c2)c1.[C-]#[N+]c1ccccc1-c1cccc(-c2cc(-n3c4ccccc4c4ccccc43)nc(-n3c4ccccc4c4cc(C#N)ccc43)c2)c1. The lowest BCUT2D eigenvalue weighted by molar-refractivity contribution is 1.01. The third-order valence-corrected chi connectivity index (χ3v) is 27.3. The molecule has 14 heteroatoms. The number of para-hydroxylation sites is 11. The average Bonchev–Trinajstić information content (AvgIpc) is 1.59. The van der Waals surface area contributed by atoms with Crippen LogP contribution in [0.15, 0.2) is 461 Å². The van der Waals surface area contributed by atoms with Gasteiger partial charge in [-0.25, -0.2) is 19.8 Å². The third-order valence-electron chi connectivity index (χ3n) is 27.3. The van der Waals surface area contributed by atoms with E-state index in [1.807, 2.05) is 133 Å². The van der Waals surface area contributed by atoms with E-state index >= 15 is 0 Å². The van der Waals surface area contributed by atoms with Crippen LogP contribution in [0.1, 0.15) is 22.3 Å². The van der Waals surface area contributed by atoms with E-state index in [9.17, 15) is 21.0 Å². The molecular weight excluding hydrogens is 1730 g/mol. The van der Waals surface area contributed by atoms with Crippen molar-refractivity contribution in [1.82, 2.24) is 42.4 Å². The minimum Gasteiger partial charge on any atom is -0.294 e. The van der Waals surface area contributed by atoms with Gasteiger partial charge in [0.1, 0.15) is 34.9 Å². The molecule has 0 amide bonds. The predicted molar refractivity (Wildman–Crippen MR) is 576 cm³/mol. The Morgan fingerprint density at radius 2 is 0.387 bits per heavy atom. The van der Waals surface area contributed by atoms with Crippen molar-refractivity contribution in [2.75, 3.05) is 0 Å². The number of pyridine rings is 3. The topological polar surface area (TPSA) is 168 Å². The summed E-state index contributed by atoms with van der Waals surface area (Å²) in [5.74, 6) is 4.86. The zero-order chi connectivity index (χ0) is 95.0. The molecule has 27 aromatic rings. The van der Waals surface area contributed by atoms with Crippen LogP contribution in [0.4, 0.5) is 5.69 Å². The first kappa shape index (κ1) is 83.5. The van der Waals surface area contributed by atoms with Gasteiger partial charge in [0.05, 0.1) is 119 Å². The number of nitrogens with zero attached hydrogens (tertiary/aromatic N) is 14. The molecule has 0 spiro atoms. The Morgan fingerprint density at radius 3 is 0.683 bits per heavy atom. The second-order valence-electron chi connectivity index (χ2n) is 35.3.